The molecule has 0 spiro atoms. The monoisotopic (exact) mass is 278 g/mol. The lowest BCUT2D eigenvalue weighted by Gasteiger charge is -2.21. The van der Waals surface area contributed by atoms with E-state index in [-0.39, 0.29) is 0 Å². The molecular weight excluding hydrogens is 265 g/mol. The molecule has 0 saturated heterocycles. The van der Waals surface area contributed by atoms with E-state index in [1.54, 1.807) is 25.1 Å². The molecule has 17 heavy (non-hydrogen) atoms. The fourth-order valence-corrected chi connectivity index (χ4v) is 2.16. The molecule has 0 unspecified atom stereocenters. The molecule has 2 atom stereocenters. The third kappa shape index (κ3) is 3.49. The van der Waals surface area contributed by atoms with E-state index in [4.69, 9.17) is 33.7 Å². The van der Waals surface area contributed by atoms with E-state index < -0.39 is 18.3 Å². The number of benzene rings is 1. The number of aliphatic hydroxyl groups excluding tert-OH is 1. The van der Waals surface area contributed by atoms with Crippen molar-refractivity contribution in [1.29, 1.82) is 0 Å². The minimum Gasteiger partial charge on any atom is -0.443 e. The second kappa shape index (κ2) is 6.10. The van der Waals surface area contributed by atoms with Gasteiger partial charge in [0.25, 0.3) is 0 Å². The number of hydrogen-bond donors (Lipinski definition) is 2. The number of carbonyl (C=O) groups is 1. The summed E-state index contributed by atoms with van der Waals surface area (Å²) >= 11 is 11.0. The Labute approximate surface area is 109 Å². The zero-order valence-corrected chi connectivity index (χ0v) is 10.8. The van der Waals surface area contributed by atoms with Gasteiger partial charge in [-0.05, 0) is 12.5 Å². The summed E-state index contributed by atoms with van der Waals surface area (Å²) in [5.74, 6) is 0. The third-order valence-electron chi connectivity index (χ3n) is 2.33. The quantitative estimate of drug-likeness (QED) is 0.884. The average molecular weight is 279 g/mol. The number of amides is 1. The van der Waals surface area contributed by atoms with E-state index in [2.05, 4.69) is 0 Å². The van der Waals surface area contributed by atoms with Gasteiger partial charge in [0, 0.05) is 6.07 Å². The highest BCUT2D eigenvalue weighted by atomic mass is 35.5. The first kappa shape index (κ1) is 14.1. The van der Waals surface area contributed by atoms with Crippen LogP contribution < -0.4 is 5.73 Å². The van der Waals surface area contributed by atoms with Gasteiger partial charge in [-0.15, -0.1) is 0 Å². The van der Waals surface area contributed by atoms with Crippen LogP contribution in [0.25, 0.3) is 0 Å². The number of ether oxygens (including phenoxy) is 1. The Morgan fingerprint density at radius 3 is 2.76 bits per heavy atom. The molecule has 0 saturated carbocycles. The zero-order valence-electron chi connectivity index (χ0n) is 9.22. The summed E-state index contributed by atoms with van der Waals surface area (Å²) in [7, 11) is 0. The molecule has 0 aliphatic rings. The van der Waals surface area contributed by atoms with Gasteiger partial charge < -0.3 is 15.6 Å². The van der Waals surface area contributed by atoms with Gasteiger partial charge >= 0.3 is 6.09 Å². The van der Waals surface area contributed by atoms with Gasteiger partial charge in [-0.25, -0.2) is 4.79 Å². The van der Waals surface area contributed by atoms with Gasteiger partial charge in [-0.1, -0.05) is 24.6 Å². The molecule has 94 valence electrons. The Bertz CT molecular complexity index is 391. The normalized spacial score (nSPS) is 14.1. The summed E-state index contributed by atoms with van der Waals surface area (Å²) in [6.07, 6.45) is -2.36. The number of halogens is 2. The topological polar surface area (TPSA) is 72.5 Å². The van der Waals surface area contributed by atoms with Crippen LogP contribution in [0.3, 0.4) is 0 Å². The van der Waals surface area contributed by atoms with E-state index in [9.17, 15) is 9.90 Å². The molecule has 0 aromatic heterocycles. The Hall–Kier alpha value is -0.970. The molecule has 0 bridgehead atoms. The molecule has 3 N–H and O–H groups in total. The van der Waals surface area contributed by atoms with Crippen molar-refractivity contribution in [3.63, 3.8) is 0 Å². The molecule has 0 fully saturated rings. The first-order valence-electron chi connectivity index (χ1n) is 5.07. The van der Waals surface area contributed by atoms with Crippen molar-refractivity contribution < 1.29 is 26.2 Å². The zero-order chi connectivity index (χ0) is 13.0. The van der Waals surface area contributed by atoms with E-state index >= 15 is 0 Å². The van der Waals surface area contributed by atoms with E-state index in [1.165, 1.54) is 0 Å². The van der Waals surface area contributed by atoms with E-state index in [0.29, 0.717) is 22.0 Å². The molecule has 0 radical (unpaired) electrons. The summed E-state index contributed by atoms with van der Waals surface area (Å²) in [6, 6.07) is 4.96. The van der Waals surface area contributed by atoms with E-state index in [1.807, 2.05) is 0 Å². The summed E-state index contributed by atoms with van der Waals surface area (Å²) in [6.45, 7) is 1.76. The Morgan fingerprint density at radius 1 is 1.65 bits per heavy atom. The fraction of sp³-hybridized carbons (Fsp3) is 0.364. The van der Waals surface area contributed by atoms with Gasteiger partial charge in [0.05, 0.1) is 10.6 Å². The van der Waals surface area contributed by atoms with Crippen molar-refractivity contribution >= 4 is 17.7 Å². The maximum Gasteiger partial charge on any atom is 0.404 e. The lowest BCUT2D eigenvalue weighted by atomic mass is 10.0. The van der Waals surface area contributed by atoms with Crippen molar-refractivity contribution in [2.75, 3.05) is 0 Å². The van der Waals surface area contributed by atoms with Crippen LogP contribution in [0.5, 0.6) is 0 Å². The number of aliphatic hydroxyl groups is 1. The van der Waals surface area contributed by atoms with Crippen LogP contribution >= 0.6 is 11.6 Å². The lowest BCUT2D eigenvalue weighted by Crippen LogP contribution is -2.28. The van der Waals surface area contributed by atoms with Crippen LogP contribution in [0.2, 0.25) is 10.0 Å². The van der Waals surface area contributed by atoms with Crippen LogP contribution in [0.1, 0.15) is 25.0 Å². The standard InChI is InChI=1S/C11H13Cl2NO3/c1-2-8(17-11(14)16)10(15)9-6(12)4-3-5-7(9)13/h3-5,8,10,12,15H,2H2,1H3,(H-,14,16)/p+1/t8-,10+/m1/s1. The number of carbonyl (C=O) groups excluding carboxylic acids is 1. The first-order chi connectivity index (χ1) is 7.97. The van der Waals surface area contributed by atoms with E-state index in [0.717, 1.165) is 0 Å². The molecule has 1 amide bonds. The van der Waals surface area contributed by atoms with Crippen molar-refractivity contribution in [2.45, 2.75) is 25.6 Å². The molecule has 0 aliphatic heterocycles. The van der Waals surface area contributed by atoms with Gasteiger partial charge in [0.15, 0.2) is 11.6 Å². The summed E-state index contributed by atoms with van der Waals surface area (Å²) in [4.78, 5) is 10.7. The molecule has 6 heteroatoms. The van der Waals surface area contributed by atoms with Gasteiger partial charge in [0.1, 0.15) is 12.2 Å². The largest absolute Gasteiger partial charge is 0.443 e. The second-order valence-corrected chi connectivity index (χ2v) is 4.33. The molecule has 0 heterocycles. The molecule has 1 aromatic rings. The summed E-state index contributed by atoms with van der Waals surface area (Å²) in [5.41, 5.74) is 5.32. The predicted molar refractivity (Wildman–Crippen MR) is 61.7 cm³/mol. The first-order valence-corrected chi connectivity index (χ1v) is 5.85. The van der Waals surface area contributed by atoms with Crippen molar-refractivity contribution in [3.05, 3.63) is 33.8 Å². The van der Waals surface area contributed by atoms with Gasteiger partial charge in [0.2, 0.25) is 5.02 Å². The number of primary amides is 1. The number of rotatable bonds is 4. The maximum absolute atomic E-state index is 10.7. The summed E-state index contributed by atoms with van der Waals surface area (Å²) < 4.78 is 4.81. The molecular formula is C11H14Cl2NO3+. The van der Waals surface area contributed by atoms with Crippen LogP contribution in [0.4, 0.5) is 4.79 Å². The van der Waals surface area contributed by atoms with Crippen LogP contribution in [-0.4, -0.2) is 17.3 Å². The highest BCUT2D eigenvalue weighted by Gasteiger charge is 2.28. The van der Waals surface area contributed by atoms with Crippen molar-refractivity contribution in [2.24, 2.45) is 5.73 Å². The second-order valence-electron chi connectivity index (χ2n) is 3.48. The average Bonchev–Trinajstić information content (AvgIpc) is 2.25. The highest BCUT2D eigenvalue weighted by molar-refractivity contribution is 6.31. The Kier molecular flexibility index (Phi) is 5.05. The Morgan fingerprint density at radius 2 is 2.29 bits per heavy atom. The molecule has 0 aliphatic carbocycles. The number of nitrogens with two attached hydrogens (primary N) is 1. The number of hydrogen-bond acceptors (Lipinski definition) is 3. The predicted octanol–water partition coefficient (Wildman–Crippen LogP) is 1.94. The van der Waals surface area contributed by atoms with Crippen LogP contribution in [0, 0.1) is 11.6 Å². The van der Waals surface area contributed by atoms with Crippen molar-refractivity contribution in [1.82, 2.24) is 0 Å². The SMILES string of the molecule is CC[C@@H](OC(N)=O)[C@H](O)c1c(Cl)cccc1[ClH+]. The fourth-order valence-electron chi connectivity index (χ4n) is 1.51. The summed E-state index contributed by atoms with van der Waals surface area (Å²) in [5, 5.41) is 10.9. The third-order valence-corrected chi connectivity index (χ3v) is 3.02. The molecule has 1 aromatic carbocycles. The van der Waals surface area contributed by atoms with Crippen LogP contribution in [0.15, 0.2) is 18.2 Å². The molecule has 1 rings (SSSR count). The van der Waals surface area contributed by atoms with Crippen molar-refractivity contribution in [3.8, 4) is 0 Å². The maximum atomic E-state index is 10.7. The van der Waals surface area contributed by atoms with Gasteiger partial charge in [-0.2, -0.15) is 0 Å². The minimum absolute atomic E-state index is 0.344. The Balaban J connectivity index is 3.01. The lowest BCUT2D eigenvalue weighted by molar-refractivity contribution is -0.291. The smallest absolute Gasteiger partial charge is 0.404 e. The van der Waals surface area contributed by atoms with Gasteiger partial charge in [-0.3, -0.25) is 0 Å². The van der Waals surface area contributed by atoms with Crippen LogP contribution in [-0.2, 0) is 4.74 Å². The molecule has 4 nitrogen and oxygen atoms in total. The minimum atomic E-state index is -1.08. The highest BCUT2D eigenvalue weighted by Crippen LogP contribution is 2.31.